The molecule has 100 valence electrons. The Morgan fingerprint density at radius 1 is 1.05 bits per heavy atom. The van der Waals surface area contributed by atoms with Crippen LogP contribution in [0.2, 0.25) is 0 Å². The van der Waals surface area contributed by atoms with Crippen LogP contribution in [-0.4, -0.2) is 20.4 Å². The van der Waals surface area contributed by atoms with E-state index in [-0.39, 0.29) is 0 Å². The Balaban J connectivity index is 1.81. The minimum Gasteiger partial charge on any atom is -0.301 e. The summed E-state index contributed by atoms with van der Waals surface area (Å²) >= 11 is 3.73. The van der Waals surface area contributed by atoms with Gasteiger partial charge in [0.2, 0.25) is 0 Å². The third kappa shape index (κ3) is 2.53. The SMILES string of the molecule is O=C(Nc1nsnc1-c1cccs1)C(=O)c1cccs1. The van der Waals surface area contributed by atoms with Crippen LogP contribution < -0.4 is 5.32 Å². The van der Waals surface area contributed by atoms with E-state index in [1.54, 1.807) is 17.5 Å². The van der Waals surface area contributed by atoms with Gasteiger partial charge in [-0.15, -0.1) is 22.7 Å². The van der Waals surface area contributed by atoms with Crippen LogP contribution in [-0.2, 0) is 4.79 Å². The fraction of sp³-hybridized carbons (Fsp3) is 0. The number of hydrogen-bond donors (Lipinski definition) is 1. The van der Waals surface area contributed by atoms with Gasteiger partial charge in [0.25, 0.3) is 11.7 Å². The lowest BCUT2D eigenvalue weighted by Gasteiger charge is -2.01. The monoisotopic (exact) mass is 321 g/mol. The van der Waals surface area contributed by atoms with E-state index in [1.807, 2.05) is 17.5 Å². The summed E-state index contributed by atoms with van der Waals surface area (Å²) in [6.07, 6.45) is 0. The fourth-order valence-corrected chi connectivity index (χ4v) is 3.48. The number of thiophene rings is 2. The molecule has 0 radical (unpaired) electrons. The normalized spacial score (nSPS) is 10.4. The van der Waals surface area contributed by atoms with Crippen molar-refractivity contribution in [2.24, 2.45) is 0 Å². The van der Waals surface area contributed by atoms with Crippen LogP contribution in [0.15, 0.2) is 35.0 Å². The maximum Gasteiger partial charge on any atom is 0.298 e. The number of nitrogens with zero attached hydrogens (tertiary/aromatic N) is 2. The van der Waals surface area contributed by atoms with Gasteiger partial charge in [0, 0.05) is 0 Å². The minimum absolute atomic E-state index is 0.326. The van der Waals surface area contributed by atoms with E-state index in [9.17, 15) is 9.59 Å². The number of ketones is 1. The summed E-state index contributed by atoms with van der Waals surface area (Å²) in [4.78, 5) is 25.1. The fourth-order valence-electron chi connectivity index (χ4n) is 1.53. The first-order valence-electron chi connectivity index (χ1n) is 5.51. The van der Waals surface area contributed by atoms with Crippen LogP contribution in [0.5, 0.6) is 0 Å². The molecule has 5 nitrogen and oxygen atoms in total. The average molecular weight is 321 g/mol. The molecule has 3 aromatic heterocycles. The Labute approximate surface area is 126 Å². The molecule has 20 heavy (non-hydrogen) atoms. The van der Waals surface area contributed by atoms with Gasteiger partial charge in [-0.1, -0.05) is 12.1 Å². The quantitative estimate of drug-likeness (QED) is 0.592. The van der Waals surface area contributed by atoms with Crippen molar-refractivity contribution in [2.75, 3.05) is 5.32 Å². The molecule has 0 aromatic carbocycles. The highest BCUT2D eigenvalue weighted by Gasteiger charge is 2.21. The summed E-state index contributed by atoms with van der Waals surface area (Å²) < 4.78 is 8.18. The van der Waals surface area contributed by atoms with Crippen molar-refractivity contribution in [1.82, 2.24) is 8.75 Å². The van der Waals surface area contributed by atoms with E-state index < -0.39 is 11.7 Å². The number of aromatic nitrogens is 2. The number of carbonyl (C=O) groups is 2. The van der Waals surface area contributed by atoms with Gasteiger partial charge >= 0.3 is 0 Å². The molecule has 1 N–H and O–H groups in total. The van der Waals surface area contributed by atoms with Crippen molar-refractivity contribution in [1.29, 1.82) is 0 Å². The van der Waals surface area contributed by atoms with E-state index in [4.69, 9.17) is 0 Å². The first-order valence-corrected chi connectivity index (χ1v) is 8.00. The Morgan fingerprint density at radius 2 is 1.85 bits per heavy atom. The highest BCUT2D eigenvalue weighted by atomic mass is 32.1. The number of amides is 1. The second-order valence-electron chi connectivity index (χ2n) is 3.70. The van der Waals surface area contributed by atoms with Gasteiger partial charge in [0.15, 0.2) is 5.82 Å². The molecular weight excluding hydrogens is 314 g/mol. The largest absolute Gasteiger partial charge is 0.301 e. The Bertz CT molecular complexity index is 732. The number of hydrogen-bond acceptors (Lipinski definition) is 7. The third-order valence-electron chi connectivity index (χ3n) is 2.43. The first kappa shape index (κ1) is 13.1. The van der Waals surface area contributed by atoms with Crippen molar-refractivity contribution >= 4 is 51.9 Å². The van der Waals surface area contributed by atoms with E-state index in [0.29, 0.717) is 16.4 Å². The van der Waals surface area contributed by atoms with Crippen LogP contribution in [0.25, 0.3) is 10.6 Å². The lowest BCUT2D eigenvalue weighted by Crippen LogP contribution is -2.22. The topological polar surface area (TPSA) is 72.0 Å². The molecule has 0 saturated heterocycles. The molecule has 0 atom stereocenters. The highest BCUT2D eigenvalue weighted by Crippen LogP contribution is 2.29. The van der Waals surface area contributed by atoms with Crippen molar-refractivity contribution in [2.45, 2.75) is 0 Å². The van der Waals surface area contributed by atoms with Crippen molar-refractivity contribution in [3.63, 3.8) is 0 Å². The van der Waals surface area contributed by atoms with Crippen LogP contribution in [0.1, 0.15) is 9.67 Å². The molecule has 1 amide bonds. The minimum atomic E-state index is -0.696. The molecule has 3 heterocycles. The lowest BCUT2D eigenvalue weighted by atomic mass is 10.3. The molecule has 8 heteroatoms. The van der Waals surface area contributed by atoms with Crippen molar-refractivity contribution in [3.05, 3.63) is 39.9 Å². The molecule has 0 aliphatic rings. The molecule has 0 bridgehead atoms. The standard InChI is InChI=1S/C12H7N3O2S3/c16-10(8-4-2-6-19-8)12(17)13-11-9(14-20-15-11)7-3-1-5-18-7/h1-6H,(H,13,15,17). The number of anilines is 1. The summed E-state index contributed by atoms with van der Waals surface area (Å²) in [7, 11) is 0. The predicted octanol–water partition coefficient (Wildman–Crippen LogP) is 3.15. The summed E-state index contributed by atoms with van der Waals surface area (Å²) in [6.45, 7) is 0. The van der Waals surface area contributed by atoms with Crippen LogP contribution in [0.4, 0.5) is 5.82 Å². The zero-order chi connectivity index (χ0) is 13.9. The zero-order valence-electron chi connectivity index (χ0n) is 9.90. The summed E-state index contributed by atoms with van der Waals surface area (Å²) in [5, 5.41) is 6.19. The van der Waals surface area contributed by atoms with Gasteiger partial charge in [-0.2, -0.15) is 8.75 Å². The van der Waals surface area contributed by atoms with Gasteiger partial charge in [0.1, 0.15) is 5.69 Å². The molecular formula is C12H7N3O2S3. The number of rotatable bonds is 4. The maximum absolute atomic E-state index is 11.9. The summed E-state index contributed by atoms with van der Waals surface area (Å²) in [6, 6.07) is 7.12. The Hall–Kier alpha value is -1.90. The average Bonchev–Trinajstić information content (AvgIpc) is 3.19. The number of carbonyl (C=O) groups excluding carboxylic acids is 2. The predicted molar refractivity (Wildman–Crippen MR) is 80.5 cm³/mol. The van der Waals surface area contributed by atoms with Gasteiger partial charge in [-0.05, 0) is 22.9 Å². The summed E-state index contributed by atoms with van der Waals surface area (Å²) in [5.41, 5.74) is 0.595. The molecule has 0 aliphatic heterocycles. The van der Waals surface area contributed by atoms with Gasteiger partial charge in [0.05, 0.1) is 21.5 Å². The van der Waals surface area contributed by atoms with E-state index in [0.717, 1.165) is 16.6 Å². The molecule has 0 saturated carbocycles. The molecule has 0 fully saturated rings. The van der Waals surface area contributed by atoms with Crippen LogP contribution in [0.3, 0.4) is 0 Å². The first-order chi connectivity index (χ1) is 9.75. The van der Waals surface area contributed by atoms with Crippen LogP contribution >= 0.6 is 34.4 Å². The molecule has 0 aliphatic carbocycles. The molecule has 0 spiro atoms. The van der Waals surface area contributed by atoms with E-state index in [1.165, 1.54) is 22.7 Å². The molecule has 3 aromatic rings. The van der Waals surface area contributed by atoms with Crippen LogP contribution in [0, 0.1) is 0 Å². The number of nitrogens with one attached hydrogen (secondary N) is 1. The van der Waals surface area contributed by atoms with E-state index in [2.05, 4.69) is 14.1 Å². The number of Topliss-reactive ketones (excluding diaryl/α,β-unsaturated/α-hetero) is 1. The lowest BCUT2D eigenvalue weighted by molar-refractivity contribution is -0.112. The second kappa shape index (κ2) is 5.61. The van der Waals surface area contributed by atoms with Crippen molar-refractivity contribution < 1.29 is 9.59 Å². The van der Waals surface area contributed by atoms with Gasteiger partial charge < -0.3 is 5.32 Å². The van der Waals surface area contributed by atoms with Gasteiger partial charge in [-0.25, -0.2) is 0 Å². The second-order valence-corrected chi connectivity index (χ2v) is 6.12. The van der Waals surface area contributed by atoms with Gasteiger partial charge in [-0.3, -0.25) is 9.59 Å². The maximum atomic E-state index is 11.9. The smallest absolute Gasteiger partial charge is 0.298 e. The zero-order valence-corrected chi connectivity index (χ0v) is 12.3. The van der Waals surface area contributed by atoms with Crippen molar-refractivity contribution in [3.8, 4) is 10.6 Å². The Kier molecular flexibility index (Phi) is 3.68. The Morgan fingerprint density at radius 3 is 2.55 bits per heavy atom. The highest BCUT2D eigenvalue weighted by molar-refractivity contribution is 7.14. The van der Waals surface area contributed by atoms with E-state index >= 15 is 0 Å². The molecule has 0 unspecified atom stereocenters. The summed E-state index contributed by atoms with van der Waals surface area (Å²) in [5.74, 6) is -0.935. The third-order valence-corrected chi connectivity index (χ3v) is 4.70. The molecule has 3 rings (SSSR count).